The van der Waals surface area contributed by atoms with Crippen molar-refractivity contribution in [3.63, 3.8) is 0 Å². The predicted octanol–water partition coefficient (Wildman–Crippen LogP) is 1.16. The van der Waals surface area contributed by atoms with Crippen LogP contribution in [0.3, 0.4) is 0 Å². The van der Waals surface area contributed by atoms with Crippen molar-refractivity contribution in [2.24, 2.45) is 5.73 Å². The molecule has 0 atom stereocenters. The summed E-state index contributed by atoms with van der Waals surface area (Å²) in [7, 11) is 1.48. The Labute approximate surface area is 76.8 Å². The molecule has 0 radical (unpaired) electrons. The van der Waals surface area contributed by atoms with Gasteiger partial charge in [-0.15, -0.1) is 0 Å². The first kappa shape index (κ1) is 9.32. The van der Waals surface area contributed by atoms with Gasteiger partial charge >= 0.3 is 0 Å². The standard InChI is InChI=1S/C10H11NO2/c1-13-7-9(10(11)12)8-5-3-2-4-6-8/h2-7H,1H3,(H2,11,12). The van der Waals surface area contributed by atoms with Crippen molar-refractivity contribution in [2.45, 2.75) is 0 Å². The largest absolute Gasteiger partial charge is 0.504 e. The minimum atomic E-state index is -0.493. The number of amides is 1. The van der Waals surface area contributed by atoms with E-state index in [2.05, 4.69) is 0 Å². The molecule has 3 heteroatoms. The zero-order valence-electron chi connectivity index (χ0n) is 7.36. The summed E-state index contributed by atoms with van der Waals surface area (Å²) in [5.41, 5.74) is 6.31. The van der Waals surface area contributed by atoms with E-state index in [-0.39, 0.29) is 0 Å². The number of hydrogen-bond donors (Lipinski definition) is 1. The second-order valence-corrected chi connectivity index (χ2v) is 2.50. The number of carbonyl (C=O) groups excluding carboxylic acids is 1. The summed E-state index contributed by atoms with van der Waals surface area (Å²) in [4.78, 5) is 11.0. The van der Waals surface area contributed by atoms with Gasteiger partial charge in [-0.25, -0.2) is 0 Å². The molecule has 0 bridgehead atoms. The third-order valence-corrected chi connectivity index (χ3v) is 1.59. The summed E-state index contributed by atoms with van der Waals surface area (Å²) in [5, 5.41) is 0. The lowest BCUT2D eigenvalue weighted by atomic mass is 10.1. The van der Waals surface area contributed by atoms with Gasteiger partial charge in [0.15, 0.2) is 0 Å². The van der Waals surface area contributed by atoms with Crippen molar-refractivity contribution in [2.75, 3.05) is 7.11 Å². The maximum atomic E-state index is 11.0. The van der Waals surface area contributed by atoms with E-state index in [1.54, 1.807) is 12.1 Å². The maximum Gasteiger partial charge on any atom is 0.252 e. The molecule has 1 aromatic rings. The Morgan fingerprint density at radius 1 is 1.38 bits per heavy atom. The Bertz CT molecular complexity index is 317. The van der Waals surface area contributed by atoms with Gasteiger partial charge in [0.05, 0.1) is 18.9 Å². The summed E-state index contributed by atoms with van der Waals surface area (Å²) in [5.74, 6) is -0.493. The normalized spacial score (nSPS) is 11.0. The quantitative estimate of drug-likeness (QED) is 0.556. The Morgan fingerprint density at radius 3 is 2.46 bits per heavy atom. The van der Waals surface area contributed by atoms with Crippen LogP contribution in [0.25, 0.3) is 5.57 Å². The van der Waals surface area contributed by atoms with Crippen molar-refractivity contribution < 1.29 is 9.53 Å². The number of benzene rings is 1. The van der Waals surface area contributed by atoms with Gasteiger partial charge in [-0.1, -0.05) is 30.3 Å². The zero-order valence-corrected chi connectivity index (χ0v) is 7.36. The van der Waals surface area contributed by atoms with E-state index < -0.39 is 5.91 Å². The van der Waals surface area contributed by atoms with Crippen molar-refractivity contribution in [1.82, 2.24) is 0 Å². The molecule has 0 fully saturated rings. The van der Waals surface area contributed by atoms with Crippen LogP contribution in [0.15, 0.2) is 36.6 Å². The van der Waals surface area contributed by atoms with Gasteiger partial charge in [-0.2, -0.15) is 0 Å². The minimum Gasteiger partial charge on any atom is -0.504 e. The van der Waals surface area contributed by atoms with E-state index in [9.17, 15) is 4.79 Å². The van der Waals surface area contributed by atoms with Gasteiger partial charge in [0.2, 0.25) is 0 Å². The molecule has 68 valence electrons. The fourth-order valence-electron chi connectivity index (χ4n) is 1.00. The highest BCUT2D eigenvalue weighted by atomic mass is 16.5. The summed E-state index contributed by atoms with van der Waals surface area (Å²) in [6.45, 7) is 0. The first-order valence-electron chi connectivity index (χ1n) is 3.84. The highest BCUT2D eigenvalue weighted by Gasteiger charge is 2.06. The summed E-state index contributed by atoms with van der Waals surface area (Å²) < 4.78 is 4.76. The topological polar surface area (TPSA) is 52.3 Å². The van der Waals surface area contributed by atoms with E-state index >= 15 is 0 Å². The van der Waals surface area contributed by atoms with Gasteiger partial charge in [0.1, 0.15) is 0 Å². The number of carbonyl (C=O) groups is 1. The second kappa shape index (κ2) is 4.30. The van der Waals surface area contributed by atoms with E-state index in [1.807, 2.05) is 18.2 Å². The Morgan fingerprint density at radius 2 is 2.00 bits per heavy atom. The molecule has 0 aromatic heterocycles. The molecule has 0 heterocycles. The van der Waals surface area contributed by atoms with E-state index in [0.29, 0.717) is 5.57 Å². The molecule has 1 rings (SSSR count). The molecular formula is C10H11NO2. The molecule has 0 aliphatic rings. The highest BCUT2D eigenvalue weighted by Crippen LogP contribution is 2.12. The molecule has 1 amide bonds. The lowest BCUT2D eigenvalue weighted by Crippen LogP contribution is -2.13. The van der Waals surface area contributed by atoms with Crippen molar-refractivity contribution in [1.29, 1.82) is 0 Å². The first-order valence-corrected chi connectivity index (χ1v) is 3.84. The fraction of sp³-hybridized carbons (Fsp3) is 0.100. The summed E-state index contributed by atoms with van der Waals surface area (Å²) in [6.07, 6.45) is 1.34. The lowest BCUT2D eigenvalue weighted by molar-refractivity contribution is -0.112. The van der Waals surface area contributed by atoms with Crippen LogP contribution < -0.4 is 5.73 Å². The number of hydrogen-bond acceptors (Lipinski definition) is 2. The third-order valence-electron chi connectivity index (χ3n) is 1.59. The number of nitrogens with two attached hydrogens (primary N) is 1. The molecule has 2 N–H and O–H groups in total. The summed E-state index contributed by atoms with van der Waals surface area (Å²) >= 11 is 0. The van der Waals surface area contributed by atoms with E-state index in [4.69, 9.17) is 10.5 Å². The highest BCUT2D eigenvalue weighted by molar-refractivity contribution is 6.18. The van der Waals surface area contributed by atoms with Crippen LogP contribution in [0.2, 0.25) is 0 Å². The van der Waals surface area contributed by atoms with Gasteiger partial charge in [-0.05, 0) is 5.56 Å². The predicted molar refractivity (Wildman–Crippen MR) is 50.6 cm³/mol. The number of primary amides is 1. The molecule has 13 heavy (non-hydrogen) atoms. The van der Waals surface area contributed by atoms with Crippen LogP contribution in [-0.2, 0) is 9.53 Å². The van der Waals surface area contributed by atoms with Crippen LogP contribution in [-0.4, -0.2) is 13.0 Å². The SMILES string of the molecule is COC=C(C(N)=O)c1ccccc1. The minimum absolute atomic E-state index is 0.378. The second-order valence-electron chi connectivity index (χ2n) is 2.50. The molecule has 0 saturated heterocycles. The number of ether oxygens (including phenoxy) is 1. The molecule has 1 aromatic carbocycles. The molecular weight excluding hydrogens is 166 g/mol. The van der Waals surface area contributed by atoms with Crippen LogP contribution in [0.4, 0.5) is 0 Å². The zero-order chi connectivity index (χ0) is 9.68. The Hall–Kier alpha value is -1.77. The summed E-state index contributed by atoms with van der Waals surface area (Å²) in [6, 6.07) is 9.14. The van der Waals surface area contributed by atoms with Crippen LogP contribution in [0, 0.1) is 0 Å². The first-order chi connectivity index (χ1) is 6.25. The van der Waals surface area contributed by atoms with Crippen molar-refractivity contribution in [3.8, 4) is 0 Å². The Kier molecular flexibility index (Phi) is 3.09. The van der Waals surface area contributed by atoms with Crippen molar-refractivity contribution in [3.05, 3.63) is 42.2 Å². The van der Waals surface area contributed by atoms with E-state index in [0.717, 1.165) is 5.56 Å². The van der Waals surface area contributed by atoms with Crippen molar-refractivity contribution >= 4 is 11.5 Å². The Balaban J connectivity index is 3.03. The fourth-order valence-corrected chi connectivity index (χ4v) is 1.00. The number of rotatable bonds is 3. The van der Waals surface area contributed by atoms with Gasteiger partial charge in [0, 0.05) is 0 Å². The molecule has 0 unspecified atom stereocenters. The third kappa shape index (κ3) is 2.33. The molecule has 0 saturated carbocycles. The average molecular weight is 177 g/mol. The maximum absolute atomic E-state index is 11.0. The van der Waals surface area contributed by atoms with E-state index in [1.165, 1.54) is 13.4 Å². The smallest absolute Gasteiger partial charge is 0.252 e. The number of methoxy groups -OCH3 is 1. The van der Waals surface area contributed by atoms with Gasteiger partial charge < -0.3 is 10.5 Å². The lowest BCUT2D eigenvalue weighted by Gasteiger charge is -2.01. The molecule has 3 nitrogen and oxygen atoms in total. The van der Waals surface area contributed by atoms with Crippen LogP contribution in [0.5, 0.6) is 0 Å². The van der Waals surface area contributed by atoms with Crippen LogP contribution >= 0.6 is 0 Å². The molecule has 0 aliphatic carbocycles. The van der Waals surface area contributed by atoms with Crippen LogP contribution in [0.1, 0.15) is 5.56 Å². The van der Waals surface area contributed by atoms with Gasteiger partial charge in [0.25, 0.3) is 5.91 Å². The average Bonchev–Trinajstić information content (AvgIpc) is 2.15. The molecule has 0 spiro atoms. The molecule has 0 aliphatic heterocycles. The van der Waals surface area contributed by atoms with Gasteiger partial charge in [-0.3, -0.25) is 4.79 Å². The monoisotopic (exact) mass is 177 g/mol.